The first-order valence-electron chi connectivity index (χ1n) is 8.81. The van der Waals surface area contributed by atoms with Crippen molar-refractivity contribution >= 4 is 29.1 Å². The Labute approximate surface area is 163 Å². The standard InChI is InChI=1S/C23H21NO2S/c1-16(2)27-21-14-7-6-13-20(21)23(26)24-19-12-8-11-18(15-19)22(25)17-9-4-3-5-10-17/h3-16H,1-2H3,(H,24,26). The highest BCUT2D eigenvalue weighted by atomic mass is 32.2. The fourth-order valence-corrected chi connectivity index (χ4v) is 3.66. The molecule has 3 aromatic rings. The fourth-order valence-electron chi connectivity index (χ4n) is 2.70. The number of ketones is 1. The molecular weight excluding hydrogens is 354 g/mol. The van der Waals surface area contributed by atoms with E-state index >= 15 is 0 Å². The Morgan fingerprint density at radius 2 is 1.48 bits per heavy atom. The number of carbonyl (C=O) groups excluding carboxylic acids is 2. The number of hydrogen-bond donors (Lipinski definition) is 1. The molecule has 0 fully saturated rings. The summed E-state index contributed by atoms with van der Waals surface area (Å²) in [4.78, 5) is 26.3. The highest BCUT2D eigenvalue weighted by molar-refractivity contribution is 8.00. The molecule has 0 heterocycles. The Morgan fingerprint density at radius 1 is 0.815 bits per heavy atom. The van der Waals surface area contributed by atoms with Crippen molar-refractivity contribution in [1.82, 2.24) is 0 Å². The molecule has 3 rings (SSSR count). The van der Waals surface area contributed by atoms with E-state index in [-0.39, 0.29) is 11.7 Å². The van der Waals surface area contributed by atoms with Gasteiger partial charge in [-0.1, -0.05) is 68.4 Å². The summed E-state index contributed by atoms with van der Waals surface area (Å²) in [5, 5.41) is 3.29. The third kappa shape index (κ3) is 4.86. The molecule has 0 unspecified atom stereocenters. The van der Waals surface area contributed by atoms with Gasteiger partial charge in [0, 0.05) is 27.0 Å². The summed E-state index contributed by atoms with van der Waals surface area (Å²) in [6, 6.07) is 23.7. The number of amides is 1. The van der Waals surface area contributed by atoms with Crippen molar-refractivity contribution in [3.05, 3.63) is 95.6 Å². The van der Waals surface area contributed by atoms with Crippen molar-refractivity contribution in [1.29, 1.82) is 0 Å². The van der Waals surface area contributed by atoms with Crippen LogP contribution in [0, 0.1) is 0 Å². The van der Waals surface area contributed by atoms with Crippen LogP contribution in [-0.4, -0.2) is 16.9 Å². The van der Waals surface area contributed by atoms with Crippen LogP contribution in [0.2, 0.25) is 0 Å². The number of benzene rings is 3. The number of rotatable bonds is 6. The summed E-state index contributed by atoms with van der Waals surface area (Å²) in [5.74, 6) is -0.245. The number of nitrogens with one attached hydrogen (secondary N) is 1. The number of hydrogen-bond acceptors (Lipinski definition) is 3. The van der Waals surface area contributed by atoms with Crippen LogP contribution >= 0.6 is 11.8 Å². The average molecular weight is 375 g/mol. The molecule has 4 heteroatoms. The third-order valence-corrected chi connectivity index (χ3v) is 4.99. The van der Waals surface area contributed by atoms with Crippen LogP contribution in [0.4, 0.5) is 5.69 Å². The van der Waals surface area contributed by atoms with Crippen LogP contribution in [0.3, 0.4) is 0 Å². The Bertz CT molecular complexity index is 951. The summed E-state index contributed by atoms with van der Waals surface area (Å²) in [6.45, 7) is 4.19. The minimum Gasteiger partial charge on any atom is -0.322 e. The van der Waals surface area contributed by atoms with E-state index < -0.39 is 0 Å². The van der Waals surface area contributed by atoms with Crippen molar-refractivity contribution in [2.24, 2.45) is 0 Å². The van der Waals surface area contributed by atoms with E-state index in [1.807, 2.05) is 42.5 Å². The van der Waals surface area contributed by atoms with Gasteiger partial charge in [0.15, 0.2) is 5.78 Å². The van der Waals surface area contributed by atoms with Crippen molar-refractivity contribution in [2.45, 2.75) is 24.0 Å². The van der Waals surface area contributed by atoms with Gasteiger partial charge in [0.1, 0.15) is 0 Å². The molecule has 0 saturated carbocycles. The molecule has 0 bridgehead atoms. The molecule has 0 radical (unpaired) electrons. The molecule has 0 aliphatic carbocycles. The highest BCUT2D eigenvalue weighted by Gasteiger charge is 2.14. The lowest BCUT2D eigenvalue weighted by Gasteiger charge is -2.12. The number of thioether (sulfide) groups is 1. The summed E-state index contributed by atoms with van der Waals surface area (Å²) >= 11 is 1.65. The van der Waals surface area contributed by atoms with Gasteiger partial charge in [-0.15, -0.1) is 11.8 Å². The maximum atomic E-state index is 12.8. The average Bonchev–Trinajstić information content (AvgIpc) is 2.68. The lowest BCUT2D eigenvalue weighted by Crippen LogP contribution is -2.14. The molecule has 3 aromatic carbocycles. The van der Waals surface area contributed by atoms with Crippen LogP contribution in [-0.2, 0) is 0 Å². The molecule has 0 saturated heterocycles. The van der Waals surface area contributed by atoms with Crippen LogP contribution in [0.1, 0.15) is 40.1 Å². The Balaban J connectivity index is 1.81. The van der Waals surface area contributed by atoms with E-state index in [1.54, 1.807) is 48.2 Å². The van der Waals surface area contributed by atoms with Gasteiger partial charge in [-0.2, -0.15) is 0 Å². The molecule has 27 heavy (non-hydrogen) atoms. The monoisotopic (exact) mass is 375 g/mol. The quantitative estimate of drug-likeness (QED) is 0.446. The minimum absolute atomic E-state index is 0.0672. The van der Waals surface area contributed by atoms with E-state index in [2.05, 4.69) is 19.2 Å². The predicted molar refractivity (Wildman–Crippen MR) is 112 cm³/mol. The normalized spacial score (nSPS) is 10.6. The first-order valence-corrected chi connectivity index (χ1v) is 9.69. The zero-order chi connectivity index (χ0) is 19.2. The van der Waals surface area contributed by atoms with E-state index in [0.717, 1.165) is 4.90 Å². The topological polar surface area (TPSA) is 46.2 Å². The molecule has 0 atom stereocenters. The number of carbonyl (C=O) groups is 2. The van der Waals surface area contributed by atoms with Crippen LogP contribution in [0.15, 0.2) is 83.8 Å². The SMILES string of the molecule is CC(C)Sc1ccccc1C(=O)Nc1cccc(C(=O)c2ccccc2)c1. The zero-order valence-electron chi connectivity index (χ0n) is 15.3. The van der Waals surface area contributed by atoms with Gasteiger partial charge in [0.25, 0.3) is 5.91 Å². The van der Waals surface area contributed by atoms with E-state index in [4.69, 9.17) is 0 Å². The Morgan fingerprint density at radius 3 is 2.22 bits per heavy atom. The molecule has 0 aliphatic rings. The van der Waals surface area contributed by atoms with Gasteiger partial charge >= 0.3 is 0 Å². The maximum Gasteiger partial charge on any atom is 0.256 e. The second-order valence-corrected chi connectivity index (χ2v) is 8.01. The largest absolute Gasteiger partial charge is 0.322 e. The van der Waals surface area contributed by atoms with Gasteiger partial charge in [-0.05, 0) is 24.3 Å². The van der Waals surface area contributed by atoms with Crippen LogP contribution in [0.5, 0.6) is 0 Å². The van der Waals surface area contributed by atoms with Crippen LogP contribution in [0.25, 0.3) is 0 Å². The summed E-state index contributed by atoms with van der Waals surface area (Å²) in [6.07, 6.45) is 0. The van der Waals surface area contributed by atoms with Crippen molar-refractivity contribution < 1.29 is 9.59 Å². The lowest BCUT2D eigenvalue weighted by molar-refractivity contribution is 0.101. The second-order valence-electron chi connectivity index (χ2n) is 6.39. The van der Waals surface area contributed by atoms with Crippen molar-refractivity contribution in [2.75, 3.05) is 5.32 Å². The van der Waals surface area contributed by atoms with E-state index in [1.165, 1.54) is 0 Å². The van der Waals surface area contributed by atoms with Gasteiger partial charge in [-0.3, -0.25) is 9.59 Å². The summed E-state index contributed by atoms with van der Waals surface area (Å²) in [5.41, 5.74) is 2.41. The summed E-state index contributed by atoms with van der Waals surface area (Å²) < 4.78 is 0. The van der Waals surface area contributed by atoms with Gasteiger partial charge in [0.2, 0.25) is 0 Å². The molecule has 0 aliphatic heterocycles. The molecule has 136 valence electrons. The minimum atomic E-state index is -0.178. The molecule has 0 aromatic heterocycles. The zero-order valence-corrected chi connectivity index (χ0v) is 16.1. The molecule has 3 nitrogen and oxygen atoms in total. The second kappa shape index (κ2) is 8.69. The van der Waals surface area contributed by atoms with Gasteiger partial charge < -0.3 is 5.32 Å². The predicted octanol–water partition coefficient (Wildman–Crippen LogP) is 5.67. The smallest absolute Gasteiger partial charge is 0.256 e. The van der Waals surface area contributed by atoms with E-state index in [0.29, 0.717) is 27.6 Å². The van der Waals surface area contributed by atoms with Gasteiger partial charge in [-0.25, -0.2) is 0 Å². The summed E-state index contributed by atoms with van der Waals surface area (Å²) in [7, 11) is 0. The highest BCUT2D eigenvalue weighted by Crippen LogP contribution is 2.27. The Hall–Kier alpha value is -2.85. The fraction of sp³-hybridized carbons (Fsp3) is 0.130. The first kappa shape index (κ1) is 18.9. The van der Waals surface area contributed by atoms with Gasteiger partial charge in [0.05, 0.1) is 5.56 Å². The molecule has 1 N–H and O–H groups in total. The Kier molecular flexibility index (Phi) is 6.09. The lowest BCUT2D eigenvalue weighted by atomic mass is 10.0. The number of anilines is 1. The van der Waals surface area contributed by atoms with Crippen LogP contribution < -0.4 is 5.32 Å². The first-order chi connectivity index (χ1) is 13.0. The molecule has 1 amide bonds. The molecular formula is C23H21NO2S. The third-order valence-electron chi connectivity index (χ3n) is 3.91. The van der Waals surface area contributed by atoms with E-state index in [9.17, 15) is 9.59 Å². The maximum absolute atomic E-state index is 12.8. The molecule has 0 spiro atoms. The van der Waals surface area contributed by atoms with Crippen molar-refractivity contribution in [3.8, 4) is 0 Å². The van der Waals surface area contributed by atoms with Crippen molar-refractivity contribution in [3.63, 3.8) is 0 Å².